The summed E-state index contributed by atoms with van der Waals surface area (Å²) in [6.45, 7) is 0. The molecule has 0 aliphatic rings. The second kappa shape index (κ2) is 5.45. The zero-order valence-electron chi connectivity index (χ0n) is 7.89. The summed E-state index contributed by atoms with van der Waals surface area (Å²) in [6.07, 6.45) is -5.77. The van der Waals surface area contributed by atoms with E-state index < -0.39 is 30.3 Å². The first-order valence-electron chi connectivity index (χ1n) is 4.06. The van der Waals surface area contributed by atoms with Crippen LogP contribution in [-0.4, -0.2) is 6.18 Å². The largest absolute Gasteiger partial charge is 0.390 e. The highest BCUT2D eigenvalue weighted by Crippen LogP contribution is 2.28. The van der Waals surface area contributed by atoms with Crippen molar-refractivity contribution in [3.8, 4) is 0 Å². The van der Waals surface area contributed by atoms with Gasteiger partial charge in [0, 0.05) is 12.1 Å². The lowest BCUT2D eigenvalue weighted by atomic mass is 10.0. The first kappa shape index (κ1) is 15.1. The molecule has 0 aliphatic carbocycles. The van der Waals surface area contributed by atoms with Gasteiger partial charge in [-0.25, -0.2) is 8.78 Å². The fourth-order valence-corrected chi connectivity index (χ4v) is 1.16. The van der Waals surface area contributed by atoms with E-state index in [0.717, 1.165) is 12.1 Å². The molecule has 0 saturated heterocycles. The van der Waals surface area contributed by atoms with Gasteiger partial charge in [0.15, 0.2) is 0 Å². The predicted molar refractivity (Wildman–Crippen MR) is 51.2 cm³/mol. The molecule has 0 aromatic heterocycles. The highest BCUT2D eigenvalue weighted by atomic mass is 35.5. The molecule has 0 bridgehead atoms. The lowest BCUT2D eigenvalue weighted by molar-refractivity contribution is -0.138. The lowest BCUT2D eigenvalue weighted by Crippen LogP contribution is -2.20. The van der Waals surface area contributed by atoms with E-state index >= 15 is 0 Å². The second-order valence-electron chi connectivity index (χ2n) is 3.13. The molecule has 7 heteroatoms. The molecule has 2 N–H and O–H groups in total. The molecule has 1 rings (SSSR count). The molecule has 0 radical (unpaired) electrons. The minimum atomic E-state index is -4.46. The molecule has 1 atom stereocenters. The second-order valence-corrected chi connectivity index (χ2v) is 3.13. The summed E-state index contributed by atoms with van der Waals surface area (Å²) in [4.78, 5) is 0. The Morgan fingerprint density at radius 2 is 1.50 bits per heavy atom. The fourth-order valence-electron chi connectivity index (χ4n) is 1.16. The maximum atomic E-state index is 12.6. The molecule has 0 unspecified atom stereocenters. The molecular weight excluding hydrogens is 253 g/mol. The van der Waals surface area contributed by atoms with Crippen LogP contribution in [0.1, 0.15) is 18.0 Å². The summed E-state index contributed by atoms with van der Waals surface area (Å²) < 4.78 is 61.1. The highest BCUT2D eigenvalue weighted by Gasteiger charge is 2.31. The Morgan fingerprint density at radius 3 is 1.88 bits per heavy atom. The summed E-state index contributed by atoms with van der Waals surface area (Å²) in [5.41, 5.74) is 4.96. The maximum Gasteiger partial charge on any atom is 0.390 e. The Balaban J connectivity index is 0.00000225. The van der Waals surface area contributed by atoms with Crippen LogP contribution in [0.5, 0.6) is 0 Å². The van der Waals surface area contributed by atoms with Crippen LogP contribution in [0.2, 0.25) is 0 Å². The van der Waals surface area contributed by atoms with Gasteiger partial charge < -0.3 is 5.73 Å². The molecule has 0 spiro atoms. The van der Waals surface area contributed by atoms with E-state index in [4.69, 9.17) is 5.73 Å². The third kappa shape index (κ3) is 4.76. The summed E-state index contributed by atoms with van der Waals surface area (Å²) in [5.74, 6) is -1.88. The van der Waals surface area contributed by atoms with Crippen LogP contribution < -0.4 is 5.73 Å². The number of nitrogens with two attached hydrogens (primary N) is 1. The van der Waals surface area contributed by atoms with E-state index in [9.17, 15) is 22.0 Å². The van der Waals surface area contributed by atoms with Crippen molar-refractivity contribution in [2.45, 2.75) is 18.6 Å². The van der Waals surface area contributed by atoms with Crippen molar-refractivity contribution in [2.75, 3.05) is 0 Å². The molecular formula is C9H9ClF5N. The van der Waals surface area contributed by atoms with Crippen molar-refractivity contribution in [2.24, 2.45) is 5.73 Å². The van der Waals surface area contributed by atoms with Crippen LogP contribution in [0.3, 0.4) is 0 Å². The minimum absolute atomic E-state index is 0. The zero-order valence-corrected chi connectivity index (χ0v) is 8.71. The van der Waals surface area contributed by atoms with E-state index in [2.05, 4.69) is 0 Å². The van der Waals surface area contributed by atoms with Crippen LogP contribution in [0, 0.1) is 11.6 Å². The van der Waals surface area contributed by atoms with E-state index in [1.807, 2.05) is 0 Å². The number of rotatable bonds is 2. The molecule has 92 valence electrons. The first-order chi connectivity index (χ1) is 6.78. The van der Waals surface area contributed by atoms with Gasteiger partial charge in [-0.1, -0.05) is 0 Å². The van der Waals surface area contributed by atoms with Crippen LogP contribution in [0.4, 0.5) is 22.0 Å². The number of benzene rings is 1. The van der Waals surface area contributed by atoms with Crippen molar-refractivity contribution >= 4 is 12.4 Å². The van der Waals surface area contributed by atoms with Gasteiger partial charge in [0.1, 0.15) is 11.6 Å². The van der Waals surface area contributed by atoms with E-state index in [-0.39, 0.29) is 18.0 Å². The quantitative estimate of drug-likeness (QED) is 0.812. The van der Waals surface area contributed by atoms with E-state index in [0.29, 0.717) is 6.07 Å². The van der Waals surface area contributed by atoms with Crippen molar-refractivity contribution in [1.29, 1.82) is 0 Å². The Morgan fingerprint density at radius 1 is 1.06 bits per heavy atom. The molecule has 1 aromatic rings. The molecule has 1 nitrogen and oxygen atoms in total. The van der Waals surface area contributed by atoms with Gasteiger partial charge in [-0.05, 0) is 17.7 Å². The summed E-state index contributed by atoms with van der Waals surface area (Å²) in [5, 5.41) is 0. The monoisotopic (exact) mass is 261 g/mol. The average Bonchev–Trinajstić information content (AvgIpc) is 1.98. The fraction of sp³-hybridized carbons (Fsp3) is 0.333. The summed E-state index contributed by atoms with van der Waals surface area (Å²) in [7, 11) is 0. The van der Waals surface area contributed by atoms with Crippen LogP contribution >= 0.6 is 12.4 Å². The van der Waals surface area contributed by atoms with E-state index in [1.54, 1.807) is 0 Å². The predicted octanol–water partition coefficient (Wildman–Crippen LogP) is 3.34. The van der Waals surface area contributed by atoms with Gasteiger partial charge in [-0.3, -0.25) is 0 Å². The Bertz CT molecular complexity index is 332. The highest BCUT2D eigenvalue weighted by molar-refractivity contribution is 5.85. The smallest absolute Gasteiger partial charge is 0.324 e. The van der Waals surface area contributed by atoms with Gasteiger partial charge in [-0.2, -0.15) is 13.2 Å². The first-order valence-corrected chi connectivity index (χ1v) is 4.06. The zero-order chi connectivity index (χ0) is 11.6. The topological polar surface area (TPSA) is 26.0 Å². The Labute approximate surface area is 94.8 Å². The molecule has 0 heterocycles. The summed E-state index contributed by atoms with van der Waals surface area (Å²) >= 11 is 0. The third-order valence-corrected chi connectivity index (χ3v) is 1.76. The van der Waals surface area contributed by atoms with Crippen molar-refractivity contribution < 1.29 is 22.0 Å². The van der Waals surface area contributed by atoms with Crippen molar-refractivity contribution in [3.63, 3.8) is 0 Å². The average molecular weight is 262 g/mol. The molecule has 0 saturated carbocycles. The normalized spacial score (nSPS) is 13.1. The van der Waals surface area contributed by atoms with Crippen LogP contribution in [0.25, 0.3) is 0 Å². The van der Waals surface area contributed by atoms with Crippen LogP contribution in [0.15, 0.2) is 18.2 Å². The molecule has 0 fully saturated rings. The van der Waals surface area contributed by atoms with Crippen LogP contribution in [-0.2, 0) is 0 Å². The Hall–Kier alpha value is -0.880. The van der Waals surface area contributed by atoms with Gasteiger partial charge >= 0.3 is 6.18 Å². The molecule has 0 amide bonds. The Kier molecular flexibility index (Phi) is 5.15. The number of hydrogen-bond donors (Lipinski definition) is 1. The maximum absolute atomic E-state index is 12.6. The van der Waals surface area contributed by atoms with Gasteiger partial charge in [0.2, 0.25) is 0 Å². The van der Waals surface area contributed by atoms with E-state index in [1.165, 1.54) is 0 Å². The van der Waals surface area contributed by atoms with Crippen molar-refractivity contribution in [3.05, 3.63) is 35.4 Å². The molecule has 0 aliphatic heterocycles. The van der Waals surface area contributed by atoms with Gasteiger partial charge in [0.25, 0.3) is 0 Å². The van der Waals surface area contributed by atoms with Gasteiger partial charge in [0.05, 0.1) is 6.42 Å². The minimum Gasteiger partial charge on any atom is -0.324 e. The third-order valence-electron chi connectivity index (χ3n) is 1.76. The molecule has 16 heavy (non-hydrogen) atoms. The van der Waals surface area contributed by atoms with Gasteiger partial charge in [-0.15, -0.1) is 12.4 Å². The number of halogens is 6. The SMILES string of the molecule is Cl.N[C@@H](CC(F)(F)F)c1cc(F)cc(F)c1. The number of alkyl halides is 3. The summed E-state index contributed by atoms with van der Waals surface area (Å²) in [6, 6.07) is 0.707. The van der Waals surface area contributed by atoms with Crippen molar-refractivity contribution in [1.82, 2.24) is 0 Å². The molecule has 1 aromatic carbocycles. The lowest BCUT2D eigenvalue weighted by Gasteiger charge is -2.14. The number of hydrogen-bond acceptors (Lipinski definition) is 1. The standard InChI is InChI=1S/C9H8F5N.ClH/c10-6-1-5(2-7(11)3-6)8(15)4-9(12,13)14;/h1-3,8H,4,15H2;1H/t8-;/m0./s1.